The van der Waals surface area contributed by atoms with Crippen molar-refractivity contribution in [1.82, 2.24) is 0 Å². The Morgan fingerprint density at radius 2 is 2.25 bits per heavy atom. The van der Waals surface area contributed by atoms with Crippen molar-refractivity contribution in [2.24, 2.45) is 0 Å². The topological polar surface area (TPSA) is 26.3 Å². The van der Waals surface area contributed by atoms with Gasteiger partial charge in [0, 0.05) is 0 Å². The van der Waals surface area contributed by atoms with Crippen molar-refractivity contribution < 1.29 is 7.04 Å². The first kappa shape index (κ1) is 4.48. The normalized spacial score (nSPS) is 4.25. The van der Waals surface area contributed by atoms with Crippen molar-refractivity contribution in [2.75, 3.05) is 0 Å². The molecule has 0 aliphatic carbocycles. The van der Waals surface area contributed by atoms with Gasteiger partial charge in [-0.2, -0.15) is 0 Å². The van der Waals surface area contributed by atoms with Crippen LogP contribution in [0, 0.1) is 0 Å². The summed E-state index contributed by atoms with van der Waals surface area (Å²) in [6.45, 7) is 0. The molecule has 0 radical (unpaired) electrons. The molecule has 0 aliphatic heterocycles. The molecule has 0 atom stereocenters. The molecule has 0 saturated heterocycles. The van der Waals surface area contributed by atoms with Gasteiger partial charge in [0.2, 0.25) is 0 Å². The molecule has 22 valence electrons. The van der Waals surface area contributed by atoms with Crippen molar-refractivity contribution >= 4 is 28.4 Å². The standard InChI is InChI=1S/Al.H2OS.O/c;1-2;/h;1-2H;/q+1;;/p-1. The van der Waals surface area contributed by atoms with E-state index in [0.29, 0.717) is 0 Å². The third-order valence-corrected chi connectivity index (χ3v) is 0.387. The summed E-state index contributed by atoms with van der Waals surface area (Å²) in [5.41, 5.74) is 0. The SMILES string of the molecule is [O]=[Al][O]S. The summed E-state index contributed by atoms with van der Waals surface area (Å²) in [5, 5.41) is 0. The second-order valence-electron chi connectivity index (χ2n) is 0.202. The molecule has 2 nitrogen and oxygen atoms in total. The van der Waals surface area contributed by atoms with Crippen molar-refractivity contribution in [3.8, 4) is 0 Å². The summed E-state index contributed by atoms with van der Waals surface area (Å²) in [7, 11) is 0. The second-order valence-corrected chi connectivity index (χ2v) is 1.24. The molecule has 0 amide bonds. The van der Waals surface area contributed by atoms with Gasteiger partial charge in [-0.3, -0.25) is 0 Å². The maximum atomic E-state index is 9.08. The fraction of sp³-hybridized carbons (Fsp3) is 0. The fourth-order valence-electron chi connectivity index (χ4n) is 0. The van der Waals surface area contributed by atoms with Gasteiger partial charge in [-0.05, 0) is 0 Å². The Bertz CT molecular complexity index is 20.0. The number of rotatable bonds is 1. The zero-order valence-corrected chi connectivity index (χ0v) is 3.89. The Labute approximate surface area is 36.0 Å². The summed E-state index contributed by atoms with van der Waals surface area (Å²) in [5.74, 6) is 0. The number of hydrogen-bond acceptors (Lipinski definition) is 3. The van der Waals surface area contributed by atoms with Gasteiger partial charge in [0.05, 0.1) is 0 Å². The van der Waals surface area contributed by atoms with E-state index in [2.05, 4.69) is 16.1 Å². The van der Waals surface area contributed by atoms with Crippen LogP contribution in [0.4, 0.5) is 0 Å². The van der Waals surface area contributed by atoms with Crippen molar-refractivity contribution in [3.63, 3.8) is 0 Å². The quantitative estimate of drug-likeness (QED) is 0.275. The fourth-order valence-corrected chi connectivity index (χ4v) is 0. The van der Waals surface area contributed by atoms with Crippen LogP contribution in [0.3, 0.4) is 0 Å². The van der Waals surface area contributed by atoms with Gasteiger partial charge in [0.25, 0.3) is 0 Å². The van der Waals surface area contributed by atoms with Crippen LogP contribution >= 0.6 is 12.9 Å². The molecule has 4 heteroatoms. The van der Waals surface area contributed by atoms with Crippen LogP contribution < -0.4 is 0 Å². The summed E-state index contributed by atoms with van der Waals surface area (Å²) < 4.78 is 12.8. The molecule has 4 heavy (non-hydrogen) atoms. The molecule has 0 aliphatic rings. The molecule has 0 heterocycles. The van der Waals surface area contributed by atoms with Gasteiger partial charge in [0.15, 0.2) is 0 Å². The van der Waals surface area contributed by atoms with Crippen LogP contribution in [0.25, 0.3) is 0 Å². The van der Waals surface area contributed by atoms with E-state index in [4.69, 9.17) is 3.80 Å². The van der Waals surface area contributed by atoms with Gasteiger partial charge in [0.1, 0.15) is 0 Å². The predicted octanol–water partition coefficient (Wildman–Crippen LogP) is -0.188. The average Bonchev–Trinajstić information content (AvgIpc) is 1.37. The van der Waals surface area contributed by atoms with Crippen LogP contribution in [0.5, 0.6) is 0 Å². The van der Waals surface area contributed by atoms with E-state index >= 15 is 0 Å². The van der Waals surface area contributed by atoms with E-state index in [1.165, 1.54) is 0 Å². The maximum absolute atomic E-state index is 9.08. The monoisotopic (exact) mass is 92.0 g/mol. The van der Waals surface area contributed by atoms with E-state index < -0.39 is 15.5 Å². The first-order valence-electron chi connectivity index (χ1n) is 0.654. The summed E-state index contributed by atoms with van der Waals surface area (Å²) >= 11 is 2.04. The summed E-state index contributed by atoms with van der Waals surface area (Å²) in [6, 6.07) is 0. The Kier molecular flexibility index (Phi) is 3.90. The minimum absolute atomic E-state index is 1.10. The van der Waals surface area contributed by atoms with Crippen LogP contribution in [0.1, 0.15) is 0 Å². The van der Waals surface area contributed by atoms with Crippen molar-refractivity contribution in [2.45, 2.75) is 0 Å². The number of thiol groups is 1. The molecule has 0 aromatic carbocycles. The van der Waals surface area contributed by atoms with Crippen LogP contribution in [0.2, 0.25) is 0 Å². The molecule has 0 N–H and O–H groups in total. The molecule has 0 rings (SSSR count). The van der Waals surface area contributed by atoms with Gasteiger partial charge in [-0.1, -0.05) is 0 Å². The Hall–Kier alpha value is 0.482. The molecule has 0 unspecified atom stereocenters. The molecule has 0 aromatic rings. The van der Waals surface area contributed by atoms with Gasteiger partial charge >= 0.3 is 35.4 Å². The zero-order chi connectivity index (χ0) is 3.41. The third-order valence-electron chi connectivity index (χ3n) is 0.0430. The second kappa shape index (κ2) is 3.48. The Balaban J connectivity index is 2.30. The summed E-state index contributed by atoms with van der Waals surface area (Å²) in [4.78, 5) is 0. The molecule has 0 bridgehead atoms. The van der Waals surface area contributed by atoms with Crippen LogP contribution in [-0.4, -0.2) is 15.5 Å². The first-order chi connectivity index (χ1) is 1.91. The van der Waals surface area contributed by atoms with E-state index in [9.17, 15) is 0 Å². The van der Waals surface area contributed by atoms with Gasteiger partial charge in [-0.15, -0.1) is 0 Å². The Morgan fingerprint density at radius 1 is 2.00 bits per heavy atom. The van der Waals surface area contributed by atoms with E-state index in [1.807, 2.05) is 0 Å². The molecule has 0 aromatic heterocycles. The minimum atomic E-state index is -1.10. The molecule has 0 fully saturated rings. The summed E-state index contributed by atoms with van der Waals surface area (Å²) in [6.07, 6.45) is 0. The van der Waals surface area contributed by atoms with Gasteiger partial charge in [-0.25, -0.2) is 0 Å². The van der Waals surface area contributed by atoms with Crippen molar-refractivity contribution in [1.29, 1.82) is 0 Å². The third kappa shape index (κ3) is 2.48. The average molecular weight is 92.1 g/mol. The zero-order valence-electron chi connectivity index (χ0n) is 1.84. The van der Waals surface area contributed by atoms with Crippen LogP contribution in [0.15, 0.2) is 0 Å². The molecular weight excluding hydrogens is 91.0 g/mol. The molecular formula is HAlO2S. The van der Waals surface area contributed by atoms with Gasteiger partial charge < -0.3 is 0 Å². The number of hydrogen-bond donors (Lipinski definition) is 1. The van der Waals surface area contributed by atoms with E-state index in [-0.39, 0.29) is 0 Å². The Morgan fingerprint density at radius 3 is 2.25 bits per heavy atom. The predicted molar refractivity (Wildman–Crippen MR) is 16.5 cm³/mol. The van der Waals surface area contributed by atoms with E-state index in [1.54, 1.807) is 0 Å². The first-order valence-corrected chi connectivity index (χ1v) is 1.96. The molecule has 0 spiro atoms. The van der Waals surface area contributed by atoms with Crippen molar-refractivity contribution in [3.05, 3.63) is 0 Å². The molecule has 0 saturated carbocycles. The van der Waals surface area contributed by atoms with Crippen LogP contribution in [-0.2, 0) is 7.04 Å². The van der Waals surface area contributed by atoms with E-state index in [0.717, 1.165) is 0 Å².